The van der Waals surface area contributed by atoms with E-state index in [4.69, 9.17) is 4.42 Å². The minimum atomic E-state index is 0.915. The monoisotopic (exact) mass is 209 g/mol. The summed E-state index contributed by atoms with van der Waals surface area (Å²) in [5.41, 5.74) is 3.07. The number of benzene rings is 2. The SMILES string of the molecule is c1ccc(Nc2ccc3occc3c2)cc1. The summed E-state index contributed by atoms with van der Waals surface area (Å²) in [6, 6.07) is 18.1. The Morgan fingerprint density at radius 3 is 2.56 bits per heavy atom. The van der Waals surface area contributed by atoms with Crippen LogP contribution < -0.4 is 5.32 Å². The second kappa shape index (κ2) is 3.74. The van der Waals surface area contributed by atoms with Crippen LogP contribution in [0.2, 0.25) is 0 Å². The van der Waals surface area contributed by atoms with Gasteiger partial charge in [0.05, 0.1) is 6.26 Å². The van der Waals surface area contributed by atoms with Crippen molar-refractivity contribution in [3.8, 4) is 0 Å². The number of anilines is 2. The molecule has 78 valence electrons. The number of hydrogen-bond acceptors (Lipinski definition) is 2. The molecule has 0 saturated heterocycles. The molecule has 0 fully saturated rings. The molecule has 3 rings (SSSR count). The van der Waals surface area contributed by atoms with E-state index in [9.17, 15) is 0 Å². The second-order valence-electron chi connectivity index (χ2n) is 3.66. The molecule has 0 aliphatic rings. The quantitative estimate of drug-likeness (QED) is 0.685. The minimum Gasteiger partial charge on any atom is -0.464 e. The highest BCUT2D eigenvalue weighted by Crippen LogP contribution is 2.22. The van der Waals surface area contributed by atoms with E-state index in [0.29, 0.717) is 0 Å². The van der Waals surface area contributed by atoms with Gasteiger partial charge >= 0.3 is 0 Å². The Balaban J connectivity index is 1.94. The average Bonchev–Trinajstić information content (AvgIpc) is 2.77. The highest BCUT2D eigenvalue weighted by Gasteiger charge is 1.98. The average molecular weight is 209 g/mol. The zero-order chi connectivity index (χ0) is 10.8. The summed E-state index contributed by atoms with van der Waals surface area (Å²) in [5, 5.41) is 4.46. The van der Waals surface area contributed by atoms with Crippen molar-refractivity contribution in [3.05, 3.63) is 60.9 Å². The van der Waals surface area contributed by atoms with Gasteiger partial charge in [-0.2, -0.15) is 0 Å². The summed E-state index contributed by atoms with van der Waals surface area (Å²) in [6.07, 6.45) is 1.71. The molecule has 0 atom stereocenters. The zero-order valence-corrected chi connectivity index (χ0v) is 8.68. The first kappa shape index (κ1) is 9.04. The van der Waals surface area contributed by atoms with Gasteiger partial charge in [0.2, 0.25) is 0 Å². The Kier molecular flexibility index (Phi) is 2.11. The first-order valence-electron chi connectivity index (χ1n) is 5.21. The van der Waals surface area contributed by atoms with Crippen LogP contribution in [-0.2, 0) is 0 Å². The number of nitrogens with one attached hydrogen (secondary N) is 1. The van der Waals surface area contributed by atoms with Crippen molar-refractivity contribution in [2.75, 3.05) is 5.32 Å². The van der Waals surface area contributed by atoms with Crippen molar-refractivity contribution in [1.82, 2.24) is 0 Å². The first-order valence-corrected chi connectivity index (χ1v) is 5.21. The highest BCUT2D eigenvalue weighted by molar-refractivity contribution is 5.82. The van der Waals surface area contributed by atoms with Crippen LogP contribution in [0.1, 0.15) is 0 Å². The van der Waals surface area contributed by atoms with E-state index >= 15 is 0 Å². The van der Waals surface area contributed by atoms with E-state index in [1.54, 1.807) is 6.26 Å². The van der Waals surface area contributed by atoms with E-state index in [1.165, 1.54) is 0 Å². The lowest BCUT2D eigenvalue weighted by molar-refractivity contribution is 0.616. The molecule has 1 heterocycles. The molecule has 1 aromatic heterocycles. The summed E-state index contributed by atoms with van der Waals surface area (Å²) in [7, 11) is 0. The molecular weight excluding hydrogens is 198 g/mol. The fraction of sp³-hybridized carbons (Fsp3) is 0. The lowest BCUT2D eigenvalue weighted by Gasteiger charge is -2.05. The fourth-order valence-electron chi connectivity index (χ4n) is 1.73. The maximum Gasteiger partial charge on any atom is 0.133 e. The molecule has 0 unspecified atom stereocenters. The Bertz CT molecular complexity index is 598. The summed E-state index contributed by atoms with van der Waals surface area (Å²) < 4.78 is 5.30. The number of fused-ring (bicyclic) bond motifs is 1. The Hall–Kier alpha value is -2.22. The lowest BCUT2D eigenvalue weighted by Crippen LogP contribution is -1.88. The molecule has 0 aliphatic heterocycles. The molecule has 0 saturated carbocycles. The molecular formula is C14H11NO. The van der Waals surface area contributed by atoms with Gasteiger partial charge < -0.3 is 9.73 Å². The summed E-state index contributed by atoms with van der Waals surface area (Å²) in [5.74, 6) is 0. The van der Waals surface area contributed by atoms with Gasteiger partial charge in [0.1, 0.15) is 5.58 Å². The predicted octanol–water partition coefficient (Wildman–Crippen LogP) is 4.18. The third-order valence-corrected chi connectivity index (χ3v) is 2.51. The molecule has 2 aromatic carbocycles. The van der Waals surface area contributed by atoms with Crippen LogP contribution >= 0.6 is 0 Å². The number of hydrogen-bond donors (Lipinski definition) is 1. The van der Waals surface area contributed by atoms with E-state index in [1.807, 2.05) is 48.5 Å². The molecule has 0 aliphatic carbocycles. The molecule has 3 aromatic rings. The molecule has 0 spiro atoms. The minimum absolute atomic E-state index is 0.915. The van der Waals surface area contributed by atoms with Gasteiger partial charge in [-0.25, -0.2) is 0 Å². The summed E-state index contributed by atoms with van der Waals surface area (Å²) >= 11 is 0. The van der Waals surface area contributed by atoms with Crippen LogP contribution in [0.25, 0.3) is 11.0 Å². The molecule has 2 nitrogen and oxygen atoms in total. The largest absolute Gasteiger partial charge is 0.464 e. The van der Waals surface area contributed by atoms with E-state index in [-0.39, 0.29) is 0 Å². The molecule has 2 heteroatoms. The zero-order valence-electron chi connectivity index (χ0n) is 8.68. The Morgan fingerprint density at radius 2 is 1.69 bits per heavy atom. The standard InChI is InChI=1S/C14H11NO/c1-2-4-12(5-3-1)15-13-6-7-14-11(10-13)8-9-16-14/h1-10,15H. The van der Waals surface area contributed by atoms with E-state index in [0.717, 1.165) is 22.3 Å². The van der Waals surface area contributed by atoms with Crippen LogP contribution in [-0.4, -0.2) is 0 Å². The maximum atomic E-state index is 5.30. The van der Waals surface area contributed by atoms with E-state index < -0.39 is 0 Å². The van der Waals surface area contributed by atoms with E-state index in [2.05, 4.69) is 11.4 Å². The van der Waals surface area contributed by atoms with Gasteiger partial charge in [0, 0.05) is 16.8 Å². The topological polar surface area (TPSA) is 25.2 Å². The van der Waals surface area contributed by atoms with Gasteiger partial charge in [-0.3, -0.25) is 0 Å². The van der Waals surface area contributed by atoms with Crippen LogP contribution in [0.3, 0.4) is 0 Å². The van der Waals surface area contributed by atoms with Gasteiger partial charge in [-0.05, 0) is 36.4 Å². The van der Waals surface area contributed by atoms with Crippen LogP contribution in [0, 0.1) is 0 Å². The van der Waals surface area contributed by atoms with Gasteiger partial charge in [-0.1, -0.05) is 18.2 Å². The fourth-order valence-corrected chi connectivity index (χ4v) is 1.73. The van der Waals surface area contributed by atoms with Crippen molar-refractivity contribution in [3.63, 3.8) is 0 Å². The van der Waals surface area contributed by atoms with Gasteiger partial charge in [0.15, 0.2) is 0 Å². The predicted molar refractivity (Wildman–Crippen MR) is 65.9 cm³/mol. The number of para-hydroxylation sites is 1. The van der Waals surface area contributed by atoms with Crippen molar-refractivity contribution in [2.45, 2.75) is 0 Å². The third kappa shape index (κ3) is 1.65. The second-order valence-corrected chi connectivity index (χ2v) is 3.66. The molecule has 1 N–H and O–H groups in total. The lowest BCUT2D eigenvalue weighted by atomic mass is 10.2. The van der Waals surface area contributed by atoms with Gasteiger partial charge in [0.25, 0.3) is 0 Å². The highest BCUT2D eigenvalue weighted by atomic mass is 16.3. The third-order valence-electron chi connectivity index (χ3n) is 2.51. The molecule has 0 bridgehead atoms. The maximum absolute atomic E-state index is 5.30. The van der Waals surface area contributed by atoms with Crippen molar-refractivity contribution >= 4 is 22.3 Å². The normalized spacial score (nSPS) is 10.5. The van der Waals surface area contributed by atoms with Crippen molar-refractivity contribution in [2.24, 2.45) is 0 Å². The summed E-state index contributed by atoms with van der Waals surface area (Å²) in [6.45, 7) is 0. The summed E-state index contributed by atoms with van der Waals surface area (Å²) in [4.78, 5) is 0. The van der Waals surface area contributed by atoms with Crippen molar-refractivity contribution in [1.29, 1.82) is 0 Å². The van der Waals surface area contributed by atoms with Crippen LogP contribution in [0.5, 0.6) is 0 Å². The van der Waals surface area contributed by atoms with Crippen LogP contribution in [0.4, 0.5) is 11.4 Å². The van der Waals surface area contributed by atoms with Crippen molar-refractivity contribution < 1.29 is 4.42 Å². The molecule has 16 heavy (non-hydrogen) atoms. The smallest absolute Gasteiger partial charge is 0.133 e. The number of rotatable bonds is 2. The van der Waals surface area contributed by atoms with Gasteiger partial charge in [-0.15, -0.1) is 0 Å². The molecule has 0 radical (unpaired) electrons. The van der Waals surface area contributed by atoms with Crippen LogP contribution in [0.15, 0.2) is 65.3 Å². The first-order chi connectivity index (χ1) is 7.92. The number of furan rings is 1. The molecule has 0 amide bonds. The Labute approximate surface area is 93.5 Å². The Morgan fingerprint density at radius 1 is 0.812 bits per heavy atom.